The third-order valence-electron chi connectivity index (χ3n) is 2.38. The maximum absolute atomic E-state index is 12.2. The molecule has 0 amide bonds. The van der Waals surface area contributed by atoms with Gasteiger partial charge >= 0.3 is 6.36 Å². The van der Waals surface area contributed by atoms with E-state index < -0.39 is 6.36 Å². The quantitative estimate of drug-likeness (QED) is 0.938. The lowest BCUT2D eigenvalue weighted by Crippen LogP contribution is -2.17. The molecule has 8 heteroatoms. The van der Waals surface area contributed by atoms with Crippen molar-refractivity contribution in [1.29, 1.82) is 0 Å². The van der Waals surface area contributed by atoms with Crippen LogP contribution in [0.4, 0.5) is 19.0 Å². The minimum atomic E-state index is -4.76. The van der Waals surface area contributed by atoms with Crippen LogP contribution < -0.4 is 15.2 Å². The van der Waals surface area contributed by atoms with Gasteiger partial charge in [-0.15, -0.1) is 13.2 Å². The van der Waals surface area contributed by atoms with Gasteiger partial charge in [0.15, 0.2) is 11.6 Å². The van der Waals surface area contributed by atoms with Gasteiger partial charge in [0.05, 0.1) is 7.11 Å². The topological polar surface area (TPSA) is 70.3 Å². The average Bonchev–Trinajstić information content (AvgIpc) is 2.36. The molecule has 0 aliphatic rings. The maximum atomic E-state index is 12.2. The second kappa shape index (κ2) is 5.24. The van der Waals surface area contributed by atoms with Gasteiger partial charge in [0.2, 0.25) is 0 Å². The van der Waals surface area contributed by atoms with Crippen LogP contribution in [0.5, 0.6) is 11.5 Å². The van der Waals surface area contributed by atoms with Crippen LogP contribution in [-0.2, 0) is 0 Å². The number of nitrogen functional groups attached to an aromatic ring is 1. The Hall–Kier alpha value is -2.51. The first-order chi connectivity index (χ1) is 9.40. The van der Waals surface area contributed by atoms with Crippen molar-refractivity contribution in [1.82, 2.24) is 9.97 Å². The van der Waals surface area contributed by atoms with Crippen LogP contribution in [0.1, 0.15) is 0 Å². The fraction of sp³-hybridized carbons (Fsp3) is 0.167. The molecule has 0 aliphatic heterocycles. The zero-order valence-electron chi connectivity index (χ0n) is 10.3. The summed E-state index contributed by atoms with van der Waals surface area (Å²) in [6, 6.07) is 5.35. The average molecular weight is 285 g/mol. The number of aromatic nitrogens is 2. The van der Waals surface area contributed by atoms with Crippen LogP contribution in [0.25, 0.3) is 11.3 Å². The minimum absolute atomic E-state index is 0.0969. The van der Waals surface area contributed by atoms with Gasteiger partial charge in [-0.2, -0.15) is 0 Å². The number of nitrogens with two attached hydrogens (primary N) is 1. The van der Waals surface area contributed by atoms with Gasteiger partial charge in [0.1, 0.15) is 17.8 Å². The second-order valence-electron chi connectivity index (χ2n) is 3.72. The van der Waals surface area contributed by atoms with Crippen molar-refractivity contribution in [3.05, 3.63) is 30.6 Å². The lowest BCUT2D eigenvalue weighted by Gasteiger charge is -2.12. The zero-order chi connectivity index (χ0) is 14.8. The Morgan fingerprint density at radius 2 is 1.95 bits per heavy atom. The highest BCUT2D eigenvalue weighted by Gasteiger charge is 2.31. The lowest BCUT2D eigenvalue weighted by atomic mass is 10.1. The Bertz CT molecular complexity index is 617. The normalized spacial score (nSPS) is 11.2. The fourth-order valence-corrected chi connectivity index (χ4v) is 1.63. The lowest BCUT2D eigenvalue weighted by molar-refractivity contribution is -0.274. The Kier molecular flexibility index (Phi) is 3.64. The van der Waals surface area contributed by atoms with E-state index in [1.807, 2.05) is 0 Å². The standard InChI is InChI=1S/C12H10F3N3O2/c1-19-10-9(17-6-18-11(10)16)7-3-2-4-8(5-7)20-12(13,14)15/h2-6H,1H3,(H2,16,17,18). The van der Waals surface area contributed by atoms with Crippen molar-refractivity contribution < 1.29 is 22.6 Å². The molecule has 0 fully saturated rings. The summed E-state index contributed by atoms with van der Waals surface area (Å²) in [5.74, 6) is -0.0643. The first-order valence-corrected chi connectivity index (χ1v) is 5.41. The van der Waals surface area contributed by atoms with Gasteiger partial charge < -0.3 is 15.2 Å². The largest absolute Gasteiger partial charge is 0.573 e. The van der Waals surface area contributed by atoms with E-state index in [0.29, 0.717) is 5.56 Å². The molecule has 0 unspecified atom stereocenters. The van der Waals surface area contributed by atoms with Crippen LogP contribution >= 0.6 is 0 Å². The van der Waals surface area contributed by atoms with Crippen molar-refractivity contribution in [2.24, 2.45) is 0 Å². The van der Waals surface area contributed by atoms with Gasteiger partial charge in [-0.3, -0.25) is 0 Å². The first kappa shape index (κ1) is 13.9. The Morgan fingerprint density at radius 1 is 1.20 bits per heavy atom. The first-order valence-electron chi connectivity index (χ1n) is 5.41. The number of benzene rings is 1. The van der Waals surface area contributed by atoms with Gasteiger partial charge in [-0.1, -0.05) is 12.1 Å². The summed E-state index contributed by atoms with van der Waals surface area (Å²) in [5.41, 5.74) is 6.28. The molecule has 1 aromatic heterocycles. The van der Waals surface area contributed by atoms with E-state index in [9.17, 15) is 13.2 Å². The highest BCUT2D eigenvalue weighted by Crippen LogP contribution is 2.33. The van der Waals surface area contributed by atoms with Crippen molar-refractivity contribution in [2.45, 2.75) is 6.36 Å². The van der Waals surface area contributed by atoms with Gasteiger partial charge in [0.25, 0.3) is 0 Å². The summed E-state index contributed by atoms with van der Waals surface area (Å²) < 4.78 is 45.5. The Balaban J connectivity index is 2.44. The van der Waals surface area contributed by atoms with E-state index >= 15 is 0 Å². The molecule has 0 bridgehead atoms. The molecule has 2 aromatic rings. The third-order valence-corrected chi connectivity index (χ3v) is 2.38. The number of nitrogens with zero attached hydrogens (tertiary/aromatic N) is 2. The molecule has 2 rings (SSSR count). The molecule has 0 aliphatic carbocycles. The number of ether oxygens (including phenoxy) is 2. The molecule has 0 saturated carbocycles. The summed E-state index contributed by atoms with van der Waals surface area (Å²) in [6.45, 7) is 0. The van der Waals surface area contributed by atoms with E-state index in [-0.39, 0.29) is 23.0 Å². The number of halogens is 3. The molecule has 0 spiro atoms. The van der Waals surface area contributed by atoms with E-state index in [1.165, 1.54) is 31.6 Å². The summed E-state index contributed by atoms with van der Waals surface area (Å²) in [6.07, 6.45) is -3.56. The SMILES string of the molecule is COc1c(N)ncnc1-c1cccc(OC(F)(F)F)c1. The highest BCUT2D eigenvalue weighted by atomic mass is 19.4. The molecular formula is C12H10F3N3O2. The maximum Gasteiger partial charge on any atom is 0.573 e. The molecule has 1 aromatic carbocycles. The molecule has 5 nitrogen and oxygen atoms in total. The predicted molar refractivity (Wildman–Crippen MR) is 65.1 cm³/mol. The summed E-state index contributed by atoms with van der Waals surface area (Å²) in [4.78, 5) is 7.71. The van der Waals surface area contributed by atoms with Crippen LogP contribution in [0.3, 0.4) is 0 Å². The monoisotopic (exact) mass is 285 g/mol. The van der Waals surface area contributed by atoms with E-state index in [4.69, 9.17) is 10.5 Å². The van der Waals surface area contributed by atoms with E-state index in [1.54, 1.807) is 6.07 Å². The van der Waals surface area contributed by atoms with Crippen LogP contribution in [0.15, 0.2) is 30.6 Å². The van der Waals surface area contributed by atoms with Crippen LogP contribution in [0, 0.1) is 0 Å². The Labute approximate surface area is 112 Å². The van der Waals surface area contributed by atoms with Gasteiger partial charge in [-0.25, -0.2) is 9.97 Å². The molecule has 106 valence electrons. The second-order valence-corrected chi connectivity index (χ2v) is 3.72. The molecule has 2 N–H and O–H groups in total. The summed E-state index contributed by atoms with van der Waals surface area (Å²) in [7, 11) is 1.37. The molecule has 0 atom stereocenters. The smallest absolute Gasteiger partial charge is 0.491 e. The number of hydrogen-bond donors (Lipinski definition) is 1. The molecule has 20 heavy (non-hydrogen) atoms. The van der Waals surface area contributed by atoms with Crippen molar-refractivity contribution >= 4 is 5.82 Å². The van der Waals surface area contributed by atoms with Crippen molar-refractivity contribution in [2.75, 3.05) is 12.8 Å². The number of alkyl halides is 3. The summed E-state index contributed by atoms with van der Waals surface area (Å²) in [5, 5.41) is 0. The minimum Gasteiger partial charge on any atom is -0.491 e. The fourth-order valence-electron chi connectivity index (χ4n) is 1.63. The highest BCUT2D eigenvalue weighted by molar-refractivity contribution is 5.72. The molecule has 0 saturated heterocycles. The van der Waals surface area contributed by atoms with Gasteiger partial charge in [0, 0.05) is 5.56 Å². The third kappa shape index (κ3) is 3.08. The molecule has 1 heterocycles. The van der Waals surface area contributed by atoms with E-state index in [0.717, 1.165) is 0 Å². The van der Waals surface area contributed by atoms with Crippen molar-refractivity contribution in [3.63, 3.8) is 0 Å². The molecule has 0 radical (unpaired) electrons. The van der Waals surface area contributed by atoms with Gasteiger partial charge in [-0.05, 0) is 12.1 Å². The number of methoxy groups -OCH3 is 1. The predicted octanol–water partition coefficient (Wildman–Crippen LogP) is 2.63. The Morgan fingerprint density at radius 3 is 2.60 bits per heavy atom. The number of anilines is 1. The van der Waals surface area contributed by atoms with Crippen molar-refractivity contribution in [3.8, 4) is 22.8 Å². The van der Waals surface area contributed by atoms with Crippen LogP contribution in [0.2, 0.25) is 0 Å². The summed E-state index contributed by atoms with van der Waals surface area (Å²) >= 11 is 0. The van der Waals surface area contributed by atoms with Crippen LogP contribution in [-0.4, -0.2) is 23.4 Å². The van der Waals surface area contributed by atoms with E-state index in [2.05, 4.69) is 14.7 Å². The molecular weight excluding hydrogens is 275 g/mol. The number of rotatable bonds is 3. The zero-order valence-corrected chi connectivity index (χ0v) is 10.3. The number of hydrogen-bond acceptors (Lipinski definition) is 5.